The molecule has 0 aromatic heterocycles. The van der Waals surface area contributed by atoms with Gasteiger partial charge < -0.3 is 25.2 Å². The van der Waals surface area contributed by atoms with Gasteiger partial charge in [-0.05, 0) is 82.6 Å². The van der Waals surface area contributed by atoms with Gasteiger partial charge in [-0.3, -0.25) is 14.4 Å². The van der Waals surface area contributed by atoms with Crippen LogP contribution in [0.2, 0.25) is 0 Å². The van der Waals surface area contributed by atoms with Gasteiger partial charge in [0.1, 0.15) is 17.6 Å². The van der Waals surface area contributed by atoms with Gasteiger partial charge in [-0.15, -0.1) is 0 Å². The van der Waals surface area contributed by atoms with Crippen LogP contribution in [0, 0.1) is 40.4 Å². The second kappa shape index (κ2) is 11.4. The van der Waals surface area contributed by atoms with Crippen LogP contribution in [0.5, 0.6) is 11.5 Å². The number of fused-ring (bicyclic) bond motifs is 2. The molecule has 4 rings (SSSR count). The van der Waals surface area contributed by atoms with Gasteiger partial charge in [0.05, 0.1) is 35.7 Å². The van der Waals surface area contributed by atoms with Crippen LogP contribution < -0.4 is 20.1 Å². The van der Waals surface area contributed by atoms with Gasteiger partial charge >= 0.3 is 5.97 Å². The highest BCUT2D eigenvalue weighted by Gasteiger charge is 2.51. The number of nitrogens with one attached hydrogen (secondary N) is 2. The first kappa shape index (κ1) is 28.7. The number of methoxy groups -OCH3 is 1. The molecule has 0 aliphatic heterocycles. The maximum Gasteiger partial charge on any atom is 0.309 e. The van der Waals surface area contributed by atoms with Crippen molar-refractivity contribution in [3.8, 4) is 17.6 Å². The van der Waals surface area contributed by atoms with Crippen LogP contribution in [-0.2, 0) is 9.59 Å². The van der Waals surface area contributed by atoms with E-state index in [2.05, 4.69) is 30.6 Å². The molecule has 212 valence electrons. The number of rotatable bonds is 9. The molecule has 0 spiro atoms. The number of carbonyl (C=O) groups is 3. The summed E-state index contributed by atoms with van der Waals surface area (Å²) < 4.78 is 11.6. The van der Waals surface area contributed by atoms with Crippen LogP contribution in [0.15, 0.2) is 12.1 Å². The zero-order chi connectivity index (χ0) is 28.5. The summed E-state index contributed by atoms with van der Waals surface area (Å²) in [4.78, 5) is 38.5. The zero-order valence-electron chi connectivity index (χ0n) is 23.6. The summed E-state index contributed by atoms with van der Waals surface area (Å²) in [7, 11) is 1.45. The second-order valence-corrected chi connectivity index (χ2v) is 12.2. The molecule has 9 nitrogen and oxygen atoms in total. The maximum absolute atomic E-state index is 13.6. The number of carboxylic acid groups (broad SMARTS) is 1. The molecule has 0 saturated heterocycles. The number of nitriles is 1. The number of carboxylic acids is 1. The molecule has 3 aliphatic rings. The van der Waals surface area contributed by atoms with E-state index < -0.39 is 11.4 Å². The molecule has 3 aliphatic carbocycles. The summed E-state index contributed by atoms with van der Waals surface area (Å²) in [5, 5.41) is 25.6. The van der Waals surface area contributed by atoms with Crippen molar-refractivity contribution < 1.29 is 29.0 Å². The maximum atomic E-state index is 13.6. The fraction of sp³-hybridized carbons (Fsp3) is 0.667. The Morgan fingerprint density at radius 1 is 1.08 bits per heavy atom. The standard InChI is InChI=1S/C30H41N3O6/c1-16(2)17(3)32-28(35)25-18-6-7-19(12-18)26(25)33-27(34)22-14-23(20(15-31)13-24(22)38-5)39-21-8-10-30(4,11-9-21)29(36)37/h13-14,16-19,21,25-26H,6-12H2,1-5H3,(H,32,35)(H,33,34)(H,36,37). The normalized spacial score (nSPS) is 30.3. The van der Waals surface area contributed by atoms with E-state index in [4.69, 9.17) is 9.47 Å². The van der Waals surface area contributed by atoms with Crippen LogP contribution in [0.4, 0.5) is 0 Å². The minimum absolute atomic E-state index is 0.00447. The fourth-order valence-electron chi connectivity index (χ4n) is 6.42. The number of hydrogen-bond acceptors (Lipinski definition) is 6. The third-order valence-corrected chi connectivity index (χ3v) is 9.40. The molecule has 2 bridgehead atoms. The first-order chi connectivity index (χ1) is 18.5. The van der Waals surface area contributed by atoms with Gasteiger partial charge in [0, 0.05) is 18.2 Å². The smallest absolute Gasteiger partial charge is 0.309 e. The molecular weight excluding hydrogens is 498 g/mol. The van der Waals surface area contributed by atoms with Gasteiger partial charge in [-0.25, -0.2) is 0 Å². The highest BCUT2D eigenvalue weighted by Crippen LogP contribution is 2.49. The topological polar surface area (TPSA) is 138 Å². The minimum atomic E-state index is -0.812. The van der Waals surface area contributed by atoms with Crippen molar-refractivity contribution in [3.63, 3.8) is 0 Å². The predicted molar refractivity (Wildman–Crippen MR) is 144 cm³/mol. The van der Waals surface area contributed by atoms with Crippen molar-refractivity contribution in [2.24, 2.45) is 29.1 Å². The highest BCUT2D eigenvalue weighted by molar-refractivity contribution is 5.98. The molecule has 0 heterocycles. The largest absolute Gasteiger partial charge is 0.496 e. The van der Waals surface area contributed by atoms with Gasteiger partial charge in [0.25, 0.3) is 5.91 Å². The van der Waals surface area contributed by atoms with Gasteiger partial charge in [-0.1, -0.05) is 13.8 Å². The Kier molecular flexibility index (Phi) is 8.43. The number of benzene rings is 1. The monoisotopic (exact) mass is 539 g/mol. The molecule has 9 heteroatoms. The third-order valence-electron chi connectivity index (χ3n) is 9.40. The van der Waals surface area contributed by atoms with Crippen LogP contribution in [0.25, 0.3) is 0 Å². The molecule has 1 aromatic carbocycles. The average Bonchev–Trinajstić information content (AvgIpc) is 3.51. The Hall–Kier alpha value is -3.28. The van der Waals surface area contributed by atoms with Crippen molar-refractivity contribution in [2.75, 3.05) is 7.11 Å². The lowest BCUT2D eigenvalue weighted by molar-refractivity contribution is -0.150. The Morgan fingerprint density at radius 2 is 1.74 bits per heavy atom. The van der Waals surface area contributed by atoms with E-state index in [1.165, 1.54) is 13.2 Å². The highest BCUT2D eigenvalue weighted by atomic mass is 16.5. The summed E-state index contributed by atoms with van der Waals surface area (Å²) in [6.07, 6.45) is 4.67. The molecule has 1 aromatic rings. The summed E-state index contributed by atoms with van der Waals surface area (Å²) in [6, 6.07) is 4.94. The summed E-state index contributed by atoms with van der Waals surface area (Å²) in [5.41, 5.74) is -0.288. The van der Waals surface area contributed by atoms with Crippen molar-refractivity contribution in [3.05, 3.63) is 23.3 Å². The molecule has 3 saturated carbocycles. The Bertz CT molecular complexity index is 1150. The lowest BCUT2D eigenvalue weighted by Gasteiger charge is -2.34. The van der Waals surface area contributed by atoms with Crippen LogP contribution >= 0.6 is 0 Å². The molecule has 3 fully saturated rings. The lowest BCUT2D eigenvalue weighted by atomic mass is 9.75. The summed E-state index contributed by atoms with van der Waals surface area (Å²) in [6.45, 7) is 7.88. The number of hydrogen-bond donors (Lipinski definition) is 3. The number of amides is 2. The van der Waals surface area contributed by atoms with Crippen LogP contribution in [-0.4, -0.2) is 48.2 Å². The summed E-state index contributed by atoms with van der Waals surface area (Å²) >= 11 is 0. The number of nitrogens with zero attached hydrogens (tertiary/aromatic N) is 1. The van der Waals surface area contributed by atoms with E-state index in [0.29, 0.717) is 31.6 Å². The number of carbonyl (C=O) groups excluding carboxylic acids is 2. The molecule has 0 radical (unpaired) electrons. The number of ether oxygens (including phenoxy) is 2. The predicted octanol–water partition coefficient (Wildman–Crippen LogP) is 4.28. The average molecular weight is 540 g/mol. The second-order valence-electron chi connectivity index (χ2n) is 12.2. The molecule has 5 atom stereocenters. The summed E-state index contributed by atoms with van der Waals surface area (Å²) in [5.74, 6) is -0.113. The van der Waals surface area contributed by atoms with Gasteiger partial charge in [0.15, 0.2) is 0 Å². The van der Waals surface area contributed by atoms with Crippen LogP contribution in [0.3, 0.4) is 0 Å². The van der Waals surface area contributed by atoms with Crippen molar-refractivity contribution in [1.29, 1.82) is 5.26 Å². The SMILES string of the molecule is COc1cc(C#N)c(OC2CCC(C)(C(=O)O)CC2)cc1C(=O)NC1C2CCC(C2)C1C(=O)NC(C)C(C)C. The fourth-order valence-corrected chi connectivity index (χ4v) is 6.42. The Balaban J connectivity index is 1.53. The van der Waals surface area contributed by atoms with Crippen molar-refractivity contribution >= 4 is 17.8 Å². The quantitative estimate of drug-likeness (QED) is 0.426. The molecule has 3 N–H and O–H groups in total. The van der Waals surface area contributed by atoms with E-state index in [9.17, 15) is 24.8 Å². The molecule has 2 amide bonds. The first-order valence-electron chi connectivity index (χ1n) is 14.1. The molecule has 39 heavy (non-hydrogen) atoms. The third kappa shape index (κ3) is 5.85. The van der Waals surface area contributed by atoms with Gasteiger partial charge in [0.2, 0.25) is 5.91 Å². The first-order valence-corrected chi connectivity index (χ1v) is 14.1. The zero-order valence-corrected chi connectivity index (χ0v) is 23.6. The lowest BCUT2D eigenvalue weighted by Crippen LogP contribution is -2.51. The van der Waals surface area contributed by atoms with Crippen LogP contribution in [0.1, 0.15) is 88.6 Å². The number of aliphatic carboxylic acids is 1. The minimum Gasteiger partial charge on any atom is -0.496 e. The van der Waals surface area contributed by atoms with E-state index in [1.807, 2.05) is 6.92 Å². The van der Waals surface area contributed by atoms with E-state index in [1.54, 1.807) is 13.0 Å². The van der Waals surface area contributed by atoms with Crippen molar-refractivity contribution in [1.82, 2.24) is 10.6 Å². The molecular formula is C30H41N3O6. The molecule has 5 unspecified atom stereocenters. The Labute approximate surface area is 230 Å². The van der Waals surface area contributed by atoms with E-state index in [0.717, 1.165) is 19.3 Å². The van der Waals surface area contributed by atoms with E-state index in [-0.39, 0.29) is 70.4 Å². The Morgan fingerprint density at radius 3 is 2.33 bits per heavy atom. The van der Waals surface area contributed by atoms with E-state index >= 15 is 0 Å². The van der Waals surface area contributed by atoms with Crippen molar-refractivity contribution in [2.45, 2.75) is 90.8 Å². The van der Waals surface area contributed by atoms with Gasteiger partial charge in [-0.2, -0.15) is 5.26 Å².